The molecule has 0 bridgehead atoms. The average molecular weight is 194 g/mol. The van der Waals surface area contributed by atoms with Gasteiger partial charge in [0.15, 0.2) is 0 Å². The molecule has 0 heterocycles. The molecule has 2 aliphatic rings. The van der Waals surface area contributed by atoms with E-state index < -0.39 is 0 Å². The van der Waals surface area contributed by atoms with Gasteiger partial charge in [0.2, 0.25) is 0 Å². The van der Waals surface area contributed by atoms with Crippen LogP contribution in [-0.4, -0.2) is 0 Å². The van der Waals surface area contributed by atoms with Crippen molar-refractivity contribution in [2.45, 2.75) is 59.8 Å². The minimum Gasteiger partial charge on any atom is -0.0628 e. The van der Waals surface area contributed by atoms with Crippen LogP contribution in [0.4, 0.5) is 0 Å². The highest BCUT2D eigenvalue weighted by Gasteiger charge is 2.63. The number of hydrogen-bond donors (Lipinski definition) is 0. The van der Waals surface area contributed by atoms with Gasteiger partial charge in [-0.25, -0.2) is 0 Å². The van der Waals surface area contributed by atoms with Crippen molar-refractivity contribution in [3.05, 3.63) is 0 Å². The number of hydrogen-bond acceptors (Lipinski definition) is 0. The van der Waals surface area contributed by atoms with Gasteiger partial charge >= 0.3 is 0 Å². The normalized spacial score (nSPS) is 31.9. The average Bonchev–Trinajstić information content (AvgIpc) is 2.90. The summed E-state index contributed by atoms with van der Waals surface area (Å²) in [6.07, 6.45) is 7.58. The van der Waals surface area contributed by atoms with Crippen LogP contribution in [0, 0.1) is 29.1 Å². The van der Waals surface area contributed by atoms with Gasteiger partial charge in [0.25, 0.3) is 0 Å². The summed E-state index contributed by atoms with van der Waals surface area (Å²) in [6, 6.07) is 0. The predicted molar refractivity (Wildman–Crippen MR) is 62.2 cm³/mol. The Bertz CT molecular complexity index is 200. The van der Waals surface area contributed by atoms with E-state index in [4.69, 9.17) is 0 Å². The molecule has 0 heteroatoms. The Hall–Kier alpha value is 0. The fraction of sp³-hybridized carbons (Fsp3) is 1.00. The zero-order valence-electron chi connectivity index (χ0n) is 10.3. The molecule has 0 radical (unpaired) electrons. The first kappa shape index (κ1) is 10.5. The van der Waals surface area contributed by atoms with Crippen LogP contribution in [0.1, 0.15) is 59.8 Å². The van der Waals surface area contributed by atoms with Crippen LogP contribution in [0.15, 0.2) is 0 Å². The zero-order chi connectivity index (χ0) is 10.3. The van der Waals surface area contributed by atoms with Gasteiger partial charge < -0.3 is 0 Å². The maximum atomic E-state index is 2.49. The van der Waals surface area contributed by atoms with Crippen LogP contribution in [0.5, 0.6) is 0 Å². The summed E-state index contributed by atoms with van der Waals surface area (Å²) in [5.74, 6) is 3.95. The molecule has 0 aromatic carbocycles. The molecule has 1 spiro atoms. The van der Waals surface area contributed by atoms with Crippen LogP contribution in [0.2, 0.25) is 0 Å². The Labute approximate surface area is 89.5 Å². The molecule has 0 aliphatic heterocycles. The summed E-state index contributed by atoms with van der Waals surface area (Å²) >= 11 is 0. The molecule has 14 heavy (non-hydrogen) atoms. The van der Waals surface area contributed by atoms with E-state index in [0.717, 1.165) is 29.1 Å². The van der Waals surface area contributed by atoms with Gasteiger partial charge in [-0.15, -0.1) is 0 Å². The Balaban J connectivity index is 1.69. The third-order valence-electron chi connectivity index (χ3n) is 4.48. The Morgan fingerprint density at radius 1 is 1.07 bits per heavy atom. The highest BCUT2D eigenvalue weighted by atomic mass is 14.7. The van der Waals surface area contributed by atoms with Crippen molar-refractivity contribution in [1.29, 1.82) is 0 Å². The fourth-order valence-corrected chi connectivity index (χ4v) is 3.62. The lowest BCUT2D eigenvalue weighted by Gasteiger charge is -2.18. The molecule has 0 aromatic rings. The van der Waals surface area contributed by atoms with Gasteiger partial charge in [-0.05, 0) is 61.2 Å². The molecule has 3 atom stereocenters. The van der Waals surface area contributed by atoms with E-state index >= 15 is 0 Å². The second-order valence-corrected chi connectivity index (χ2v) is 6.62. The molecular formula is C14H26. The molecule has 0 amide bonds. The molecule has 3 unspecified atom stereocenters. The van der Waals surface area contributed by atoms with Crippen LogP contribution in [-0.2, 0) is 0 Å². The maximum Gasteiger partial charge on any atom is -0.0263 e. The summed E-state index contributed by atoms with van der Waals surface area (Å²) in [6.45, 7) is 9.63. The van der Waals surface area contributed by atoms with Crippen LogP contribution in [0.3, 0.4) is 0 Å². The van der Waals surface area contributed by atoms with Gasteiger partial charge in [-0.3, -0.25) is 0 Å². The van der Waals surface area contributed by atoms with Crippen molar-refractivity contribution in [3.63, 3.8) is 0 Å². The van der Waals surface area contributed by atoms with Crippen molar-refractivity contribution < 1.29 is 0 Å². The van der Waals surface area contributed by atoms with Crippen molar-refractivity contribution in [1.82, 2.24) is 0 Å². The summed E-state index contributed by atoms with van der Waals surface area (Å²) < 4.78 is 0. The Morgan fingerprint density at radius 3 is 2.14 bits per heavy atom. The molecule has 0 N–H and O–H groups in total. The molecule has 2 saturated carbocycles. The smallest absolute Gasteiger partial charge is 0.0263 e. The Morgan fingerprint density at radius 2 is 1.71 bits per heavy atom. The lowest BCUT2D eigenvalue weighted by molar-refractivity contribution is 0.322. The molecule has 0 saturated heterocycles. The van der Waals surface area contributed by atoms with Gasteiger partial charge in [0.05, 0.1) is 0 Å². The monoisotopic (exact) mass is 194 g/mol. The third-order valence-corrected chi connectivity index (χ3v) is 4.48. The quantitative estimate of drug-likeness (QED) is 0.604. The summed E-state index contributed by atoms with van der Waals surface area (Å²) in [4.78, 5) is 0. The van der Waals surface area contributed by atoms with Gasteiger partial charge in [0.1, 0.15) is 0 Å². The molecule has 2 aliphatic carbocycles. The minimum atomic E-state index is 0.881. The highest BCUT2D eigenvalue weighted by molar-refractivity contribution is 5.13. The third kappa shape index (κ3) is 2.15. The maximum absolute atomic E-state index is 2.49. The van der Waals surface area contributed by atoms with Gasteiger partial charge in [-0.2, -0.15) is 0 Å². The standard InChI is InChI=1S/C14H26/c1-10(2)7-11(3)8-12(4)13-9-14(13)5-6-14/h10-13H,5-9H2,1-4H3. The van der Waals surface area contributed by atoms with Gasteiger partial charge in [0, 0.05) is 0 Å². The van der Waals surface area contributed by atoms with E-state index in [1.165, 1.54) is 12.8 Å². The van der Waals surface area contributed by atoms with E-state index in [1.54, 1.807) is 19.3 Å². The fourth-order valence-electron chi connectivity index (χ4n) is 3.62. The van der Waals surface area contributed by atoms with Gasteiger partial charge in [-0.1, -0.05) is 27.7 Å². The lowest BCUT2D eigenvalue weighted by atomic mass is 9.87. The summed E-state index contributed by atoms with van der Waals surface area (Å²) in [5.41, 5.74) is 0.914. The molecule has 2 fully saturated rings. The first-order valence-electron chi connectivity index (χ1n) is 6.53. The molecule has 82 valence electrons. The molecular weight excluding hydrogens is 168 g/mol. The predicted octanol–water partition coefficient (Wildman–Crippen LogP) is 4.49. The van der Waals surface area contributed by atoms with Crippen LogP contribution >= 0.6 is 0 Å². The summed E-state index contributed by atoms with van der Waals surface area (Å²) in [5, 5.41) is 0. The van der Waals surface area contributed by atoms with Crippen LogP contribution in [0.25, 0.3) is 0 Å². The van der Waals surface area contributed by atoms with E-state index in [2.05, 4.69) is 27.7 Å². The van der Waals surface area contributed by atoms with E-state index in [9.17, 15) is 0 Å². The van der Waals surface area contributed by atoms with E-state index in [0.29, 0.717) is 0 Å². The topological polar surface area (TPSA) is 0 Å². The lowest BCUT2D eigenvalue weighted by Crippen LogP contribution is -2.08. The van der Waals surface area contributed by atoms with Crippen molar-refractivity contribution in [2.24, 2.45) is 29.1 Å². The van der Waals surface area contributed by atoms with Crippen molar-refractivity contribution in [3.8, 4) is 0 Å². The molecule has 0 aromatic heterocycles. The SMILES string of the molecule is CC(C)CC(C)CC(C)C1CC12CC2. The van der Waals surface area contributed by atoms with Crippen LogP contribution < -0.4 is 0 Å². The summed E-state index contributed by atoms with van der Waals surface area (Å²) in [7, 11) is 0. The largest absolute Gasteiger partial charge is 0.0628 e. The number of rotatable bonds is 5. The van der Waals surface area contributed by atoms with Crippen molar-refractivity contribution in [2.75, 3.05) is 0 Å². The molecule has 0 nitrogen and oxygen atoms in total. The first-order chi connectivity index (χ1) is 6.53. The first-order valence-corrected chi connectivity index (χ1v) is 6.53. The Kier molecular flexibility index (Phi) is 2.66. The second-order valence-electron chi connectivity index (χ2n) is 6.62. The minimum absolute atomic E-state index is 0.881. The highest BCUT2D eigenvalue weighted by Crippen LogP contribution is 2.73. The molecule has 2 rings (SSSR count). The van der Waals surface area contributed by atoms with E-state index in [-0.39, 0.29) is 0 Å². The van der Waals surface area contributed by atoms with Crippen molar-refractivity contribution >= 4 is 0 Å². The zero-order valence-corrected chi connectivity index (χ0v) is 10.3. The van der Waals surface area contributed by atoms with E-state index in [1.807, 2.05) is 0 Å². The second kappa shape index (κ2) is 3.54.